The molecule has 1 heterocycles. The Kier molecular flexibility index (Phi) is 3.49. The second kappa shape index (κ2) is 4.43. The molecule has 0 saturated carbocycles. The molecule has 0 aliphatic rings. The van der Waals surface area contributed by atoms with Gasteiger partial charge in [-0.1, -0.05) is 6.07 Å². The summed E-state index contributed by atoms with van der Waals surface area (Å²) in [5, 5.41) is 9.53. The van der Waals surface area contributed by atoms with Crippen LogP contribution in [0.5, 0.6) is 0 Å². The van der Waals surface area contributed by atoms with Crippen LogP contribution in [0.2, 0.25) is 0 Å². The van der Waals surface area contributed by atoms with Crippen LogP contribution in [0, 0.1) is 0 Å². The van der Waals surface area contributed by atoms with Crippen molar-refractivity contribution in [2.24, 2.45) is 5.73 Å². The molecule has 0 aromatic carbocycles. The van der Waals surface area contributed by atoms with E-state index in [4.69, 9.17) is 5.73 Å². The highest BCUT2D eigenvalue weighted by atomic mass is 19.3. The molecule has 1 rings (SSSR count). The first-order chi connectivity index (χ1) is 6.54. The Morgan fingerprint density at radius 1 is 1.50 bits per heavy atom. The minimum absolute atomic E-state index is 0.0949. The number of aliphatic hydroxyl groups is 1. The fourth-order valence-electron chi connectivity index (χ4n) is 1.15. The molecule has 1 aromatic rings. The lowest BCUT2D eigenvalue weighted by Gasteiger charge is -2.17. The van der Waals surface area contributed by atoms with Crippen molar-refractivity contribution in [1.29, 1.82) is 0 Å². The molecule has 2 unspecified atom stereocenters. The van der Waals surface area contributed by atoms with Crippen molar-refractivity contribution in [3.8, 4) is 0 Å². The quantitative estimate of drug-likeness (QED) is 0.778. The third-order valence-corrected chi connectivity index (χ3v) is 1.89. The van der Waals surface area contributed by atoms with Crippen molar-refractivity contribution in [1.82, 2.24) is 4.98 Å². The van der Waals surface area contributed by atoms with Gasteiger partial charge in [0, 0.05) is 17.8 Å². The van der Waals surface area contributed by atoms with Crippen LogP contribution in [0.25, 0.3) is 0 Å². The first kappa shape index (κ1) is 11.0. The molecule has 14 heavy (non-hydrogen) atoms. The topological polar surface area (TPSA) is 59.1 Å². The van der Waals surface area contributed by atoms with E-state index in [-0.39, 0.29) is 5.56 Å². The van der Waals surface area contributed by atoms with Crippen LogP contribution >= 0.6 is 0 Å². The summed E-state index contributed by atoms with van der Waals surface area (Å²) in [5.74, 6) is 0. The van der Waals surface area contributed by atoms with Crippen molar-refractivity contribution in [3.63, 3.8) is 0 Å². The molecule has 0 aliphatic heterocycles. The maximum atomic E-state index is 12.4. The number of halogens is 2. The minimum Gasteiger partial charge on any atom is -0.387 e. The van der Waals surface area contributed by atoms with E-state index >= 15 is 0 Å². The minimum atomic E-state index is -2.69. The number of aliphatic hydroxyl groups excluding tert-OH is 1. The molecule has 0 fully saturated rings. The van der Waals surface area contributed by atoms with Crippen molar-refractivity contribution in [3.05, 3.63) is 29.6 Å². The maximum absolute atomic E-state index is 12.4. The molecular formula is C9H12F2N2O. The largest absolute Gasteiger partial charge is 0.387 e. The monoisotopic (exact) mass is 202 g/mol. The lowest BCUT2D eigenvalue weighted by molar-refractivity contribution is 0.123. The summed E-state index contributed by atoms with van der Waals surface area (Å²) in [5.41, 5.74) is 5.10. The standard InChI is InChI=1S/C9H12F2N2O/c1-5(12)8(14)6-3-2-4-13-7(6)9(10)11/h2-5,8-9,14H,12H2,1H3. The molecule has 1 aromatic heterocycles. The smallest absolute Gasteiger partial charge is 0.280 e. The van der Waals surface area contributed by atoms with Crippen LogP contribution < -0.4 is 5.73 Å². The number of alkyl halides is 2. The van der Waals surface area contributed by atoms with E-state index in [0.717, 1.165) is 0 Å². The number of hydrogen-bond acceptors (Lipinski definition) is 3. The van der Waals surface area contributed by atoms with Gasteiger partial charge in [-0.25, -0.2) is 8.78 Å². The lowest BCUT2D eigenvalue weighted by atomic mass is 10.0. The van der Waals surface area contributed by atoms with Crippen molar-refractivity contribution in [2.45, 2.75) is 25.5 Å². The van der Waals surface area contributed by atoms with Crippen LogP contribution in [0.3, 0.4) is 0 Å². The highest BCUT2D eigenvalue weighted by Crippen LogP contribution is 2.26. The molecule has 0 spiro atoms. The summed E-state index contributed by atoms with van der Waals surface area (Å²) in [6, 6.07) is 2.30. The Morgan fingerprint density at radius 2 is 2.14 bits per heavy atom. The molecule has 0 bridgehead atoms. The fourth-order valence-corrected chi connectivity index (χ4v) is 1.15. The van der Waals surface area contributed by atoms with Gasteiger partial charge in [0.2, 0.25) is 0 Å². The van der Waals surface area contributed by atoms with E-state index in [1.54, 1.807) is 6.92 Å². The second-order valence-corrected chi connectivity index (χ2v) is 3.08. The van der Waals surface area contributed by atoms with Crippen molar-refractivity contribution >= 4 is 0 Å². The van der Waals surface area contributed by atoms with Gasteiger partial charge in [0.05, 0.1) is 6.10 Å². The predicted octanol–water partition coefficient (Wildman–Crippen LogP) is 1.40. The number of nitrogens with two attached hydrogens (primary N) is 1. The summed E-state index contributed by atoms with van der Waals surface area (Å²) in [6.45, 7) is 1.55. The van der Waals surface area contributed by atoms with Crippen LogP contribution in [0.15, 0.2) is 18.3 Å². The van der Waals surface area contributed by atoms with Gasteiger partial charge < -0.3 is 10.8 Å². The predicted molar refractivity (Wildman–Crippen MR) is 47.8 cm³/mol. The fraction of sp³-hybridized carbons (Fsp3) is 0.444. The molecule has 0 aliphatic carbocycles. The van der Waals surface area contributed by atoms with Gasteiger partial charge in [-0.3, -0.25) is 4.98 Å². The van der Waals surface area contributed by atoms with Gasteiger partial charge in [0.15, 0.2) is 0 Å². The number of hydrogen-bond donors (Lipinski definition) is 2. The Labute approximate surface area is 80.6 Å². The van der Waals surface area contributed by atoms with Gasteiger partial charge in [-0.2, -0.15) is 0 Å². The second-order valence-electron chi connectivity index (χ2n) is 3.08. The third kappa shape index (κ3) is 2.24. The normalized spacial score (nSPS) is 15.6. The molecule has 5 heteroatoms. The Balaban J connectivity index is 3.06. The third-order valence-electron chi connectivity index (χ3n) is 1.89. The zero-order valence-corrected chi connectivity index (χ0v) is 7.69. The SMILES string of the molecule is CC(N)C(O)c1cccnc1C(F)F. The maximum Gasteiger partial charge on any atom is 0.280 e. The van der Waals surface area contributed by atoms with E-state index in [1.165, 1.54) is 18.3 Å². The first-order valence-electron chi connectivity index (χ1n) is 4.20. The van der Waals surface area contributed by atoms with E-state index in [1.807, 2.05) is 0 Å². The molecule has 0 radical (unpaired) electrons. The molecule has 78 valence electrons. The molecule has 3 N–H and O–H groups in total. The zero-order chi connectivity index (χ0) is 10.7. The highest BCUT2D eigenvalue weighted by molar-refractivity contribution is 5.24. The lowest BCUT2D eigenvalue weighted by Crippen LogP contribution is -2.25. The summed E-state index contributed by atoms with van der Waals surface area (Å²) in [6.07, 6.45) is -2.54. The highest BCUT2D eigenvalue weighted by Gasteiger charge is 2.21. The Hall–Kier alpha value is -1.07. The van der Waals surface area contributed by atoms with Crippen LogP contribution in [-0.4, -0.2) is 16.1 Å². The summed E-state index contributed by atoms with van der Waals surface area (Å²) in [7, 11) is 0. The first-order valence-corrected chi connectivity index (χ1v) is 4.20. The Morgan fingerprint density at radius 3 is 2.64 bits per heavy atom. The number of pyridine rings is 1. The van der Waals surface area contributed by atoms with Gasteiger partial charge in [0.1, 0.15) is 5.69 Å². The van der Waals surface area contributed by atoms with Crippen molar-refractivity contribution < 1.29 is 13.9 Å². The molecular weight excluding hydrogens is 190 g/mol. The van der Waals surface area contributed by atoms with Crippen LogP contribution in [-0.2, 0) is 0 Å². The Bertz CT molecular complexity index is 305. The van der Waals surface area contributed by atoms with Crippen LogP contribution in [0.1, 0.15) is 30.7 Å². The number of nitrogens with zero attached hydrogens (tertiary/aromatic N) is 1. The molecule has 0 amide bonds. The van der Waals surface area contributed by atoms with Gasteiger partial charge in [-0.05, 0) is 13.0 Å². The summed E-state index contributed by atoms with van der Waals surface area (Å²) >= 11 is 0. The molecule has 0 saturated heterocycles. The molecule has 2 atom stereocenters. The van der Waals surface area contributed by atoms with Crippen molar-refractivity contribution in [2.75, 3.05) is 0 Å². The number of aromatic nitrogens is 1. The van der Waals surface area contributed by atoms with E-state index in [2.05, 4.69) is 4.98 Å². The average Bonchev–Trinajstić information content (AvgIpc) is 2.16. The average molecular weight is 202 g/mol. The van der Waals surface area contributed by atoms with Gasteiger partial charge in [0.25, 0.3) is 6.43 Å². The molecule has 3 nitrogen and oxygen atoms in total. The zero-order valence-electron chi connectivity index (χ0n) is 7.69. The van der Waals surface area contributed by atoms with Gasteiger partial charge in [-0.15, -0.1) is 0 Å². The summed E-state index contributed by atoms with van der Waals surface area (Å²) < 4.78 is 24.9. The summed E-state index contributed by atoms with van der Waals surface area (Å²) in [4.78, 5) is 3.52. The van der Waals surface area contributed by atoms with E-state index in [0.29, 0.717) is 0 Å². The van der Waals surface area contributed by atoms with Crippen LogP contribution in [0.4, 0.5) is 8.78 Å². The van der Waals surface area contributed by atoms with E-state index in [9.17, 15) is 13.9 Å². The van der Waals surface area contributed by atoms with Gasteiger partial charge >= 0.3 is 0 Å². The van der Waals surface area contributed by atoms with E-state index < -0.39 is 24.3 Å². The number of rotatable bonds is 3.